The zero-order chi connectivity index (χ0) is 19.7. The molecule has 0 unspecified atom stereocenters. The van der Waals surface area contributed by atoms with E-state index in [4.69, 9.17) is 4.74 Å². The van der Waals surface area contributed by atoms with E-state index in [0.717, 1.165) is 16.7 Å². The lowest BCUT2D eigenvalue weighted by Crippen LogP contribution is -2.39. The maximum atomic E-state index is 12.8. The molecule has 0 saturated heterocycles. The van der Waals surface area contributed by atoms with Gasteiger partial charge in [-0.15, -0.1) is 35.3 Å². The topological polar surface area (TPSA) is 58.5 Å². The third-order valence-electron chi connectivity index (χ3n) is 3.39. The van der Waals surface area contributed by atoms with Gasteiger partial charge in [-0.2, -0.15) is 13.2 Å². The standard InChI is InChI=1S/C17H20F4N4OS.HI/c1-22-16(23-8-2-10-26-13-5-3-12(18)4-6-13)24-9-7-15-25-14(11-27-15)17(19,20)21;/h3-6,11H,2,7-10H2,1H3,(H2,22,23,24);1H. The van der Waals surface area contributed by atoms with E-state index in [-0.39, 0.29) is 29.8 Å². The van der Waals surface area contributed by atoms with E-state index in [9.17, 15) is 17.6 Å². The van der Waals surface area contributed by atoms with Gasteiger partial charge in [0, 0.05) is 31.9 Å². The molecule has 0 amide bonds. The van der Waals surface area contributed by atoms with Gasteiger partial charge < -0.3 is 15.4 Å². The number of nitrogens with zero attached hydrogens (tertiary/aromatic N) is 2. The number of ether oxygens (including phenoxy) is 1. The summed E-state index contributed by atoms with van der Waals surface area (Å²) in [5.41, 5.74) is -0.855. The lowest BCUT2D eigenvalue weighted by atomic mass is 10.3. The minimum absolute atomic E-state index is 0. The normalized spacial score (nSPS) is 11.7. The van der Waals surface area contributed by atoms with Crippen LogP contribution >= 0.6 is 35.3 Å². The molecule has 0 spiro atoms. The zero-order valence-corrected chi connectivity index (χ0v) is 18.2. The third kappa shape index (κ3) is 8.59. The zero-order valence-electron chi connectivity index (χ0n) is 15.1. The Balaban J connectivity index is 0.00000392. The van der Waals surface area contributed by atoms with E-state index in [1.165, 1.54) is 12.1 Å². The first-order valence-corrected chi connectivity index (χ1v) is 9.11. The van der Waals surface area contributed by atoms with Crippen molar-refractivity contribution in [3.8, 4) is 5.75 Å². The summed E-state index contributed by atoms with van der Waals surface area (Å²) in [6.45, 7) is 1.46. The molecule has 0 bridgehead atoms. The van der Waals surface area contributed by atoms with E-state index >= 15 is 0 Å². The molecule has 0 fully saturated rings. The van der Waals surface area contributed by atoms with Crippen LogP contribution in [0.25, 0.3) is 0 Å². The lowest BCUT2D eigenvalue weighted by Gasteiger charge is -2.11. The molecule has 1 heterocycles. The van der Waals surface area contributed by atoms with Gasteiger partial charge in [-0.1, -0.05) is 0 Å². The molecule has 1 aromatic carbocycles. The van der Waals surface area contributed by atoms with Crippen molar-refractivity contribution in [1.82, 2.24) is 15.6 Å². The first kappa shape index (κ1) is 24.4. The van der Waals surface area contributed by atoms with Gasteiger partial charge in [-0.3, -0.25) is 4.99 Å². The maximum absolute atomic E-state index is 12.8. The Morgan fingerprint density at radius 2 is 1.86 bits per heavy atom. The molecule has 2 aromatic rings. The molecule has 0 radical (unpaired) electrons. The number of alkyl halides is 3. The summed E-state index contributed by atoms with van der Waals surface area (Å²) in [6, 6.07) is 5.79. The number of aromatic nitrogens is 1. The minimum Gasteiger partial charge on any atom is -0.494 e. The fourth-order valence-electron chi connectivity index (χ4n) is 2.06. The van der Waals surface area contributed by atoms with E-state index in [1.54, 1.807) is 19.2 Å². The molecule has 0 aliphatic carbocycles. The van der Waals surface area contributed by atoms with Crippen LogP contribution in [0, 0.1) is 5.82 Å². The maximum Gasteiger partial charge on any atom is 0.434 e. The third-order valence-corrected chi connectivity index (χ3v) is 4.30. The van der Waals surface area contributed by atoms with Crippen LogP contribution in [0.5, 0.6) is 5.75 Å². The molecule has 11 heteroatoms. The van der Waals surface area contributed by atoms with Crippen molar-refractivity contribution < 1.29 is 22.3 Å². The Hall–Kier alpha value is -1.63. The summed E-state index contributed by atoms with van der Waals surface area (Å²) in [5.74, 6) is 0.830. The predicted molar refractivity (Wildman–Crippen MR) is 112 cm³/mol. The van der Waals surface area contributed by atoms with Crippen molar-refractivity contribution in [3.63, 3.8) is 0 Å². The Labute approximate surface area is 181 Å². The largest absolute Gasteiger partial charge is 0.494 e. The molecule has 0 saturated carbocycles. The molecular formula is C17H21F4IN4OS. The molecule has 28 heavy (non-hydrogen) atoms. The van der Waals surface area contributed by atoms with E-state index in [2.05, 4.69) is 20.6 Å². The summed E-state index contributed by atoms with van der Waals surface area (Å²) in [5, 5.41) is 7.54. The predicted octanol–water partition coefficient (Wildman–Crippen LogP) is 4.10. The van der Waals surface area contributed by atoms with Crippen LogP contribution < -0.4 is 15.4 Å². The van der Waals surface area contributed by atoms with E-state index < -0.39 is 11.9 Å². The van der Waals surface area contributed by atoms with Gasteiger partial charge in [-0.05, 0) is 30.7 Å². The van der Waals surface area contributed by atoms with Crippen molar-refractivity contribution in [2.45, 2.75) is 19.0 Å². The summed E-state index contributed by atoms with van der Waals surface area (Å²) < 4.78 is 55.8. The Morgan fingerprint density at radius 3 is 2.46 bits per heavy atom. The summed E-state index contributed by atoms with van der Waals surface area (Å²) >= 11 is 0.988. The fourth-order valence-corrected chi connectivity index (χ4v) is 2.87. The summed E-state index contributed by atoms with van der Waals surface area (Å²) in [7, 11) is 1.61. The molecule has 0 atom stereocenters. The average Bonchev–Trinajstić information content (AvgIpc) is 3.11. The second kappa shape index (κ2) is 12.0. The van der Waals surface area contributed by atoms with Gasteiger partial charge in [-0.25, -0.2) is 9.37 Å². The second-order valence-electron chi connectivity index (χ2n) is 5.46. The Bertz CT molecular complexity index is 738. The monoisotopic (exact) mass is 532 g/mol. The van der Waals surface area contributed by atoms with E-state index in [1.807, 2.05) is 0 Å². The number of halogens is 5. The molecule has 0 aliphatic heterocycles. The highest BCUT2D eigenvalue weighted by atomic mass is 127. The number of hydrogen-bond acceptors (Lipinski definition) is 4. The highest BCUT2D eigenvalue weighted by molar-refractivity contribution is 14.0. The van der Waals surface area contributed by atoms with Crippen LogP contribution in [0.4, 0.5) is 17.6 Å². The van der Waals surface area contributed by atoms with Gasteiger partial charge in [0.05, 0.1) is 11.6 Å². The Kier molecular flexibility index (Phi) is 10.5. The minimum atomic E-state index is -4.41. The number of hydrogen-bond donors (Lipinski definition) is 2. The molecule has 0 aliphatic rings. The fraction of sp³-hybridized carbons (Fsp3) is 0.412. The smallest absolute Gasteiger partial charge is 0.434 e. The van der Waals surface area contributed by atoms with Crippen molar-refractivity contribution in [1.29, 1.82) is 0 Å². The van der Waals surface area contributed by atoms with Crippen molar-refractivity contribution >= 4 is 41.3 Å². The van der Waals surface area contributed by atoms with Crippen molar-refractivity contribution in [2.75, 3.05) is 26.7 Å². The summed E-state index contributed by atoms with van der Waals surface area (Å²) in [6.07, 6.45) is -3.34. The highest BCUT2D eigenvalue weighted by Crippen LogP contribution is 2.29. The first-order chi connectivity index (χ1) is 12.9. The van der Waals surface area contributed by atoms with Crippen LogP contribution in [0.15, 0.2) is 34.6 Å². The van der Waals surface area contributed by atoms with Crippen LogP contribution in [0.1, 0.15) is 17.1 Å². The molecule has 2 rings (SSSR count). The number of benzene rings is 1. The Morgan fingerprint density at radius 1 is 1.18 bits per heavy atom. The highest BCUT2D eigenvalue weighted by Gasteiger charge is 2.33. The molecular weight excluding hydrogens is 511 g/mol. The molecule has 156 valence electrons. The molecule has 1 aromatic heterocycles. The number of rotatable bonds is 8. The number of aliphatic imine (C=N–C) groups is 1. The van der Waals surface area contributed by atoms with Crippen LogP contribution in [0.3, 0.4) is 0 Å². The lowest BCUT2D eigenvalue weighted by molar-refractivity contribution is -0.140. The quantitative estimate of drug-likeness (QED) is 0.177. The number of thiazole rings is 1. The van der Waals surface area contributed by atoms with E-state index in [0.29, 0.717) is 49.3 Å². The van der Waals surface area contributed by atoms with Gasteiger partial charge in [0.25, 0.3) is 0 Å². The average molecular weight is 532 g/mol. The van der Waals surface area contributed by atoms with Crippen LogP contribution in [-0.4, -0.2) is 37.7 Å². The van der Waals surface area contributed by atoms with Crippen molar-refractivity contribution in [2.24, 2.45) is 4.99 Å². The van der Waals surface area contributed by atoms with Gasteiger partial charge in [0.1, 0.15) is 11.6 Å². The van der Waals surface area contributed by atoms with Crippen molar-refractivity contribution in [3.05, 3.63) is 46.2 Å². The molecule has 5 nitrogen and oxygen atoms in total. The second-order valence-corrected chi connectivity index (χ2v) is 6.40. The van der Waals surface area contributed by atoms with Crippen LogP contribution in [-0.2, 0) is 12.6 Å². The SMILES string of the molecule is CN=C(NCCCOc1ccc(F)cc1)NCCc1nc(C(F)(F)F)cs1.I. The summed E-state index contributed by atoms with van der Waals surface area (Å²) in [4.78, 5) is 7.62. The van der Waals surface area contributed by atoms with Gasteiger partial charge in [0.2, 0.25) is 0 Å². The molecule has 2 N–H and O–H groups in total. The number of guanidine groups is 1. The van der Waals surface area contributed by atoms with Crippen LogP contribution in [0.2, 0.25) is 0 Å². The first-order valence-electron chi connectivity index (χ1n) is 8.23. The van der Waals surface area contributed by atoms with Gasteiger partial charge >= 0.3 is 6.18 Å². The number of nitrogens with one attached hydrogen (secondary N) is 2. The van der Waals surface area contributed by atoms with Gasteiger partial charge in [0.15, 0.2) is 11.7 Å².